The third-order valence-electron chi connectivity index (χ3n) is 1.95. The van der Waals surface area contributed by atoms with Crippen LogP contribution < -0.4 is 5.09 Å². The van der Waals surface area contributed by atoms with Crippen molar-refractivity contribution in [1.29, 1.82) is 0 Å². The van der Waals surface area contributed by atoms with Crippen molar-refractivity contribution in [2.24, 2.45) is 0 Å². The van der Waals surface area contributed by atoms with E-state index in [1.807, 2.05) is 6.92 Å². The molecule has 1 N–H and O–H groups in total. The predicted molar refractivity (Wildman–Crippen MR) is 65.7 cm³/mol. The van der Waals surface area contributed by atoms with Crippen LogP contribution in [-0.4, -0.2) is 37.2 Å². The molecule has 0 amide bonds. The topological polar surface area (TPSA) is 33.7 Å². The molecule has 15 heavy (non-hydrogen) atoms. The van der Waals surface area contributed by atoms with E-state index in [4.69, 9.17) is 9.26 Å². The summed E-state index contributed by atoms with van der Waals surface area (Å²) in [4.78, 5) is 0. The van der Waals surface area contributed by atoms with Gasteiger partial charge in [-0.05, 0) is 34.6 Å². The molecule has 0 aromatic heterocycles. The van der Waals surface area contributed by atoms with Crippen LogP contribution in [0.4, 0.5) is 0 Å². The van der Waals surface area contributed by atoms with Crippen LogP contribution in [0, 0.1) is 0 Å². The van der Waals surface area contributed by atoms with Gasteiger partial charge in [0, 0.05) is 25.8 Å². The molecule has 0 saturated heterocycles. The summed E-state index contributed by atoms with van der Waals surface area (Å²) in [5.74, 6) is 0. The van der Waals surface area contributed by atoms with E-state index in [0.717, 1.165) is 6.61 Å². The summed E-state index contributed by atoms with van der Waals surface area (Å²) in [6.07, 6.45) is 0. The largest absolute Gasteiger partial charge is 0.366 e. The standard InChI is InChI=1S/C10H25N2O2P/c1-7-14-8-11-15(13-6)12(9(2)3)10(4)5/h9-11H,7-8H2,1-6H3. The Hall–Kier alpha value is 0.270. The van der Waals surface area contributed by atoms with Crippen molar-refractivity contribution >= 4 is 8.45 Å². The molecule has 0 aromatic carbocycles. The minimum absolute atomic E-state index is 0.463. The highest BCUT2D eigenvalue weighted by atomic mass is 31.2. The molecule has 5 heteroatoms. The van der Waals surface area contributed by atoms with Crippen LogP contribution in [0.15, 0.2) is 0 Å². The molecule has 0 spiro atoms. The van der Waals surface area contributed by atoms with Crippen LogP contribution in [0.1, 0.15) is 34.6 Å². The summed E-state index contributed by atoms with van der Waals surface area (Å²) < 4.78 is 13.1. The molecule has 0 fully saturated rings. The summed E-state index contributed by atoms with van der Waals surface area (Å²) in [6, 6.07) is 0.926. The molecule has 0 heterocycles. The van der Waals surface area contributed by atoms with E-state index in [1.165, 1.54) is 0 Å². The minimum Gasteiger partial charge on any atom is -0.366 e. The minimum atomic E-state index is -0.754. The maximum Gasteiger partial charge on any atom is 0.187 e. The van der Waals surface area contributed by atoms with E-state index < -0.39 is 8.45 Å². The molecular formula is C10H25N2O2P. The van der Waals surface area contributed by atoms with Gasteiger partial charge in [-0.3, -0.25) is 0 Å². The zero-order valence-corrected chi connectivity index (χ0v) is 11.7. The Bertz CT molecular complexity index is 148. The number of hydrogen-bond donors (Lipinski definition) is 1. The Labute approximate surface area is 95.3 Å². The molecule has 1 atom stereocenters. The van der Waals surface area contributed by atoms with E-state index in [0.29, 0.717) is 18.8 Å². The van der Waals surface area contributed by atoms with Crippen molar-refractivity contribution in [3.63, 3.8) is 0 Å². The van der Waals surface area contributed by atoms with Crippen LogP contribution >= 0.6 is 8.45 Å². The summed E-state index contributed by atoms with van der Waals surface area (Å²) in [7, 11) is 0.984. The zero-order chi connectivity index (χ0) is 11.8. The molecule has 0 aliphatic heterocycles. The van der Waals surface area contributed by atoms with Gasteiger partial charge in [-0.1, -0.05) is 0 Å². The van der Waals surface area contributed by atoms with E-state index in [2.05, 4.69) is 37.5 Å². The lowest BCUT2D eigenvalue weighted by Crippen LogP contribution is -2.37. The second-order valence-corrected chi connectivity index (χ2v) is 5.51. The Morgan fingerprint density at radius 3 is 2.07 bits per heavy atom. The number of ether oxygens (including phenoxy) is 1. The van der Waals surface area contributed by atoms with Crippen LogP contribution in [0.5, 0.6) is 0 Å². The molecule has 92 valence electrons. The first-order chi connectivity index (χ1) is 7.04. The number of hydrogen-bond acceptors (Lipinski definition) is 4. The van der Waals surface area contributed by atoms with Crippen LogP contribution in [0.25, 0.3) is 0 Å². The second-order valence-electron chi connectivity index (χ2n) is 3.82. The summed E-state index contributed by atoms with van der Waals surface area (Å²) in [5, 5.41) is 3.28. The van der Waals surface area contributed by atoms with Gasteiger partial charge in [0.05, 0.1) is 0 Å². The summed E-state index contributed by atoms with van der Waals surface area (Å²) in [6.45, 7) is 12.0. The van der Waals surface area contributed by atoms with Gasteiger partial charge in [0.15, 0.2) is 8.45 Å². The maximum atomic E-state index is 5.48. The molecule has 0 rings (SSSR count). The van der Waals surface area contributed by atoms with Crippen LogP contribution in [0.3, 0.4) is 0 Å². The fourth-order valence-electron chi connectivity index (χ4n) is 1.46. The average Bonchev–Trinajstić information content (AvgIpc) is 2.15. The highest BCUT2D eigenvalue weighted by Crippen LogP contribution is 2.39. The van der Waals surface area contributed by atoms with E-state index in [1.54, 1.807) is 7.11 Å². The normalized spacial score (nSPS) is 14.2. The van der Waals surface area contributed by atoms with Gasteiger partial charge in [-0.2, -0.15) is 0 Å². The molecule has 0 aliphatic carbocycles. The molecule has 0 bridgehead atoms. The third-order valence-corrected chi connectivity index (χ3v) is 4.04. The SMILES string of the molecule is CCOCNP(OC)N(C(C)C)C(C)C. The first-order valence-electron chi connectivity index (χ1n) is 5.48. The van der Waals surface area contributed by atoms with Crippen LogP contribution in [-0.2, 0) is 9.26 Å². The fourth-order valence-corrected chi connectivity index (χ4v) is 2.98. The predicted octanol–water partition coefficient (Wildman–Crippen LogP) is 2.56. The van der Waals surface area contributed by atoms with Gasteiger partial charge < -0.3 is 9.26 Å². The van der Waals surface area contributed by atoms with Crippen LogP contribution in [0.2, 0.25) is 0 Å². The molecule has 0 aromatic rings. The van der Waals surface area contributed by atoms with Gasteiger partial charge in [0.25, 0.3) is 0 Å². The molecule has 4 nitrogen and oxygen atoms in total. The maximum absolute atomic E-state index is 5.48. The highest BCUT2D eigenvalue weighted by Gasteiger charge is 2.23. The van der Waals surface area contributed by atoms with Crippen molar-refractivity contribution in [2.75, 3.05) is 20.4 Å². The molecule has 0 radical (unpaired) electrons. The number of nitrogens with zero attached hydrogens (tertiary/aromatic N) is 1. The van der Waals surface area contributed by atoms with Gasteiger partial charge >= 0.3 is 0 Å². The Kier molecular flexibility index (Phi) is 8.58. The van der Waals surface area contributed by atoms with E-state index >= 15 is 0 Å². The van der Waals surface area contributed by atoms with Gasteiger partial charge in [0.1, 0.15) is 6.73 Å². The highest BCUT2D eigenvalue weighted by molar-refractivity contribution is 7.47. The number of nitrogens with one attached hydrogen (secondary N) is 1. The first kappa shape index (κ1) is 15.3. The molecule has 1 unspecified atom stereocenters. The molecule has 0 saturated carbocycles. The zero-order valence-electron chi connectivity index (χ0n) is 10.8. The first-order valence-corrected chi connectivity index (χ1v) is 6.69. The van der Waals surface area contributed by atoms with Crippen molar-refractivity contribution in [3.05, 3.63) is 0 Å². The fraction of sp³-hybridized carbons (Fsp3) is 1.00. The number of rotatable bonds is 8. The van der Waals surface area contributed by atoms with E-state index in [9.17, 15) is 0 Å². The van der Waals surface area contributed by atoms with Gasteiger partial charge in [-0.25, -0.2) is 9.76 Å². The third kappa shape index (κ3) is 5.79. The Morgan fingerprint density at radius 1 is 1.20 bits per heavy atom. The lowest BCUT2D eigenvalue weighted by molar-refractivity contribution is 0.138. The Morgan fingerprint density at radius 2 is 1.73 bits per heavy atom. The monoisotopic (exact) mass is 236 g/mol. The molecular weight excluding hydrogens is 211 g/mol. The average molecular weight is 236 g/mol. The Balaban J connectivity index is 4.19. The van der Waals surface area contributed by atoms with Crippen molar-refractivity contribution in [1.82, 2.24) is 9.76 Å². The van der Waals surface area contributed by atoms with Gasteiger partial charge in [0.2, 0.25) is 0 Å². The van der Waals surface area contributed by atoms with Gasteiger partial charge in [-0.15, -0.1) is 0 Å². The lowest BCUT2D eigenvalue weighted by Gasteiger charge is -2.36. The van der Waals surface area contributed by atoms with Crippen molar-refractivity contribution in [2.45, 2.75) is 46.7 Å². The van der Waals surface area contributed by atoms with Crippen molar-refractivity contribution < 1.29 is 9.26 Å². The summed E-state index contributed by atoms with van der Waals surface area (Å²) in [5.41, 5.74) is 0. The van der Waals surface area contributed by atoms with Crippen molar-refractivity contribution in [3.8, 4) is 0 Å². The quantitative estimate of drug-likeness (QED) is 0.399. The second kappa shape index (κ2) is 8.43. The summed E-state index contributed by atoms with van der Waals surface area (Å²) >= 11 is 0. The van der Waals surface area contributed by atoms with E-state index in [-0.39, 0.29) is 0 Å². The molecule has 0 aliphatic rings. The smallest absolute Gasteiger partial charge is 0.187 e. The lowest BCUT2D eigenvalue weighted by atomic mass is 10.3.